The van der Waals surface area contributed by atoms with Crippen LogP contribution >= 0.6 is 0 Å². The van der Waals surface area contributed by atoms with Crippen LogP contribution in [0.1, 0.15) is 26.7 Å². The van der Waals surface area contributed by atoms with Gasteiger partial charge in [0.05, 0.1) is 6.10 Å². The summed E-state index contributed by atoms with van der Waals surface area (Å²) in [5.41, 5.74) is 1.18. The largest absolute Gasteiger partial charge is 0.351 e. The van der Waals surface area contributed by atoms with Crippen LogP contribution in [0.25, 0.3) is 0 Å². The summed E-state index contributed by atoms with van der Waals surface area (Å²) < 4.78 is 5.64. The third kappa shape index (κ3) is 1.78. The minimum atomic E-state index is -1.27. The van der Waals surface area contributed by atoms with E-state index in [1.54, 1.807) is 0 Å². The summed E-state index contributed by atoms with van der Waals surface area (Å²) >= 11 is 0. The first-order valence-corrected chi connectivity index (χ1v) is 6.80. The molecule has 1 aliphatic heterocycles. The number of amides is 4. The number of imide groups is 2. The molecule has 20 heavy (non-hydrogen) atoms. The van der Waals surface area contributed by atoms with E-state index >= 15 is 0 Å². The predicted molar refractivity (Wildman–Crippen MR) is 69.5 cm³/mol. The van der Waals surface area contributed by atoms with E-state index in [1.807, 2.05) is 10.6 Å². The van der Waals surface area contributed by atoms with Gasteiger partial charge in [0.25, 0.3) is 11.8 Å². The second-order valence-corrected chi connectivity index (χ2v) is 6.43. The molecule has 3 atom stereocenters. The SMILES string of the molecule is C=C1C(OC2C(=O)NC(=O)NC2=O)CC2CC1C2(C)C. The molecule has 2 N–H and O–H groups in total. The fraction of sp³-hybridized carbons (Fsp3) is 0.643. The third-order valence-electron chi connectivity index (χ3n) is 5.08. The fourth-order valence-corrected chi connectivity index (χ4v) is 3.62. The van der Waals surface area contributed by atoms with E-state index in [2.05, 4.69) is 20.4 Å². The average molecular weight is 278 g/mol. The van der Waals surface area contributed by atoms with Crippen molar-refractivity contribution in [3.05, 3.63) is 12.2 Å². The Balaban J connectivity index is 1.70. The van der Waals surface area contributed by atoms with Crippen molar-refractivity contribution in [3.63, 3.8) is 0 Å². The zero-order chi connectivity index (χ0) is 14.7. The zero-order valence-electron chi connectivity index (χ0n) is 11.6. The number of carbonyl (C=O) groups is 3. The van der Waals surface area contributed by atoms with E-state index in [1.165, 1.54) is 0 Å². The highest BCUT2D eigenvalue weighted by molar-refractivity contribution is 6.18. The smallest absolute Gasteiger partial charge is 0.328 e. The van der Waals surface area contributed by atoms with Gasteiger partial charge in [-0.3, -0.25) is 20.2 Å². The summed E-state index contributed by atoms with van der Waals surface area (Å²) in [5, 5.41) is 4.08. The Hall–Kier alpha value is -1.69. The lowest BCUT2D eigenvalue weighted by Gasteiger charge is -2.59. The minimum absolute atomic E-state index is 0.226. The molecule has 2 bridgehead atoms. The van der Waals surface area contributed by atoms with E-state index < -0.39 is 23.9 Å². The Labute approximate surface area is 116 Å². The van der Waals surface area contributed by atoms with E-state index in [-0.39, 0.29) is 11.5 Å². The molecule has 1 saturated heterocycles. The summed E-state index contributed by atoms with van der Waals surface area (Å²) in [6.45, 7) is 8.51. The van der Waals surface area contributed by atoms with Crippen LogP contribution in [0, 0.1) is 17.3 Å². The molecular weight excluding hydrogens is 260 g/mol. The van der Waals surface area contributed by atoms with Gasteiger partial charge in [-0.2, -0.15) is 0 Å². The Morgan fingerprint density at radius 2 is 1.75 bits per heavy atom. The Bertz CT molecular complexity index is 505. The first-order chi connectivity index (χ1) is 9.30. The quantitative estimate of drug-likeness (QED) is 0.576. The van der Waals surface area contributed by atoms with Gasteiger partial charge >= 0.3 is 6.03 Å². The molecule has 3 saturated carbocycles. The summed E-state index contributed by atoms with van der Waals surface area (Å²) in [6, 6.07) is -0.800. The predicted octanol–water partition coefficient (Wildman–Crippen LogP) is 0.728. The van der Waals surface area contributed by atoms with Crippen LogP contribution in [0.5, 0.6) is 0 Å². The summed E-state index contributed by atoms with van der Waals surface area (Å²) in [5.74, 6) is -0.503. The van der Waals surface area contributed by atoms with Gasteiger partial charge in [-0.15, -0.1) is 0 Å². The molecule has 0 spiro atoms. The number of carbonyl (C=O) groups excluding carboxylic acids is 3. The molecular formula is C14H18N2O4. The fourth-order valence-electron chi connectivity index (χ4n) is 3.62. The van der Waals surface area contributed by atoms with Gasteiger partial charge in [0.2, 0.25) is 6.10 Å². The van der Waals surface area contributed by atoms with E-state index in [9.17, 15) is 14.4 Å². The monoisotopic (exact) mass is 278 g/mol. The van der Waals surface area contributed by atoms with Crippen LogP contribution in [-0.4, -0.2) is 30.1 Å². The van der Waals surface area contributed by atoms with Crippen LogP contribution in [0.4, 0.5) is 4.79 Å². The van der Waals surface area contributed by atoms with Crippen molar-refractivity contribution in [2.45, 2.75) is 38.9 Å². The maximum absolute atomic E-state index is 11.7. The molecule has 6 heteroatoms. The molecule has 0 radical (unpaired) electrons. The highest BCUT2D eigenvalue weighted by Gasteiger charge is 2.56. The van der Waals surface area contributed by atoms with Gasteiger partial charge in [-0.05, 0) is 35.7 Å². The first kappa shape index (κ1) is 13.3. The van der Waals surface area contributed by atoms with E-state index in [0.29, 0.717) is 11.8 Å². The standard InChI is InChI=1S/C14H18N2O4/c1-6-8-4-7(14(8,2)3)5-9(6)20-10-11(17)15-13(19)16-12(10)18/h7-10H,1,4-5H2,2-3H3,(H2,15,16,17,18,19). The zero-order valence-corrected chi connectivity index (χ0v) is 11.6. The topological polar surface area (TPSA) is 84.5 Å². The molecule has 3 aliphatic carbocycles. The maximum atomic E-state index is 11.7. The van der Waals surface area contributed by atoms with Crippen LogP contribution < -0.4 is 10.6 Å². The second-order valence-electron chi connectivity index (χ2n) is 6.43. The van der Waals surface area contributed by atoms with Gasteiger partial charge in [-0.25, -0.2) is 4.79 Å². The molecule has 4 amide bonds. The van der Waals surface area contributed by atoms with Crippen LogP contribution in [0.3, 0.4) is 0 Å². The normalized spacial score (nSPS) is 36.2. The number of nitrogens with one attached hydrogen (secondary N) is 2. The van der Waals surface area contributed by atoms with Crippen molar-refractivity contribution in [1.82, 2.24) is 10.6 Å². The molecule has 6 nitrogen and oxygen atoms in total. The van der Waals surface area contributed by atoms with Crippen molar-refractivity contribution >= 4 is 17.8 Å². The van der Waals surface area contributed by atoms with Crippen molar-refractivity contribution in [3.8, 4) is 0 Å². The van der Waals surface area contributed by atoms with Crippen LogP contribution in [-0.2, 0) is 14.3 Å². The molecule has 4 fully saturated rings. The molecule has 0 aromatic heterocycles. The number of hydrogen-bond donors (Lipinski definition) is 2. The van der Waals surface area contributed by atoms with Gasteiger partial charge < -0.3 is 4.74 Å². The highest BCUT2D eigenvalue weighted by atomic mass is 16.5. The maximum Gasteiger partial charge on any atom is 0.328 e. The minimum Gasteiger partial charge on any atom is -0.351 e. The van der Waals surface area contributed by atoms with Crippen molar-refractivity contribution in [1.29, 1.82) is 0 Å². The average Bonchev–Trinajstić information content (AvgIpc) is 2.34. The Morgan fingerprint density at radius 3 is 2.25 bits per heavy atom. The molecule has 4 aliphatic rings. The molecule has 3 unspecified atom stereocenters. The lowest BCUT2D eigenvalue weighted by molar-refractivity contribution is -0.157. The van der Waals surface area contributed by atoms with Crippen LogP contribution in [0.15, 0.2) is 12.2 Å². The Kier molecular flexibility index (Phi) is 2.76. The Morgan fingerprint density at radius 1 is 1.15 bits per heavy atom. The van der Waals surface area contributed by atoms with Gasteiger partial charge in [0, 0.05) is 0 Å². The summed E-state index contributed by atoms with van der Waals surface area (Å²) in [7, 11) is 0. The third-order valence-corrected chi connectivity index (χ3v) is 5.08. The van der Waals surface area contributed by atoms with Crippen molar-refractivity contribution in [2.75, 3.05) is 0 Å². The molecule has 0 aromatic carbocycles. The molecule has 4 rings (SSSR count). The van der Waals surface area contributed by atoms with E-state index in [4.69, 9.17) is 4.74 Å². The van der Waals surface area contributed by atoms with Gasteiger partial charge in [0.15, 0.2) is 0 Å². The lowest BCUT2D eigenvalue weighted by atomic mass is 9.47. The summed E-state index contributed by atoms with van der Waals surface area (Å²) in [6.07, 6.45) is 0.317. The second kappa shape index (κ2) is 4.15. The van der Waals surface area contributed by atoms with Crippen LogP contribution in [0.2, 0.25) is 0 Å². The lowest BCUT2D eigenvalue weighted by Crippen LogP contribution is -2.61. The molecule has 108 valence electrons. The number of hydrogen-bond acceptors (Lipinski definition) is 4. The van der Waals surface area contributed by atoms with Crippen molar-refractivity contribution < 1.29 is 19.1 Å². The number of ether oxygens (including phenoxy) is 1. The number of rotatable bonds is 2. The summed E-state index contributed by atoms with van der Waals surface area (Å²) in [4.78, 5) is 34.3. The number of urea groups is 1. The van der Waals surface area contributed by atoms with Gasteiger partial charge in [0.1, 0.15) is 0 Å². The van der Waals surface area contributed by atoms with E-state index in [0.717, 1.165) is 18.4 Å². The number of fused-ring (bicyclic) bond motifs is 2. The molecule has 1 heterocycles. The first-order valence-electron chi connectivity index (χ1n) is 6.80. The van der Waals surface area contributed by atoms with Crippen molar-refractivity contribution in [2.24, 2.45) is 17.3 Å². The van der Waals surface area contributed by atoms with Gasteiger partial charge in [-0.1, -0.05) is 20.4 Å². The highest BCUT2D eigenvalue weighted by Crippen LogP contribution is 2.61. The molecule has 0 aromatic rings. The number of barbiturate groups is 1.